The van der Waals surface area contributed by atoms with E-state index in [9.17, 15) is 9.18 Å². The van der Waals surface area contributed by atoms with Crippen molar-refractivity contribution in [3.8, 4) is 11.1 Å². The Balaban J connectivity index is 1.54. The van der Waals surface area contributed by atoms with Gasteiger partial charge in [0.25, 0.3) is 5.56 Å². The van der Waals surface area contributed by atoms with Crippen molar-refractivity contribution in [2.45, 2.75) is 32.7 Å². The molecule has 6 nitrogen and oxygen atoms in total. The molecule has 29 heavy (non-hydrogen) atoms. The molecule has 0 spiro atoms. The van der Waals surface area contributed by atoms with Crippen molar-refractivity contribution in [2.24, 2.45) is 0 Å². The predicted molar refractivity (Wildman–Crippen MR) is 110 cm³/mol. The molecule has 3 heterocycles. The Morgan fingerprint density at radius 1 is 1.10 bits per heavy atom. The standard InChI is InChI=1S/C22H20FN5O/c1-13-3-7-19(18(23)9-13)25-21-14(2)22(29)27-11-15(4-8-20(27)26-21)16-10-24-28(12-16)17-5-6-17/h3-4,7-12,17,25H,5-6H2,1-2H3. The van der Waals surface area contributed by atoms with Gasteiger partial charge in [-0.2, -0.15) is 5.10 Å². The molecule has 1 fully saturated rings. The Labute approximate surface area is 166 Å². The second-order valence-corrected chi connectivity index (χ2v) is 7.59. The summed E-state index contributed by atoms with van der Waals surface area (Å²) in [5.41, 5.74) is 3.71. The average molecular weight is 389 g/mol. The van der Waals surface area contributed by atoms with E-state index in [-0.39, 0.29) is 11.4 Å². The van der Waals surface area contributed by atoms with E-state index in [2.05, 4.69) is 15.4 Å². The van der Waals surface area contributed by atoms with Crippen molar-refractivity contribution in [1.82, 2.24) is 19.2 Å². The normalized spacial score (nSPS) is 13.8. The summed E-state index contributed by atoms with van der Waals surface area (Å²) < 4.78 is 17.7. The molecule has 0 bridgehead atoms. The number of aryl methyl sites for hydroxylation is 1. The van der Waals surface area contributed by atoms with E-state index in [1.54, 1.807) is 25.3 Å². The van der Waals surface area contributed by atoms with Crippen LogP contribution in [0.3, 0.4) is 0 Å². The number of fused-ring (bicyclic) bond motifs is 1. The summed E-state index contributed by atoms with van der Waals surface area (Å²) in [6, 6.07) is 9.12. The zero-order chi connectivity index (χ0) is 20.1. The van der Waals surface area contributed by atoms with Gasteiger partial charge in [-0.1, -0.05) is 6.07 Å². The van der Waals surface area contributed by atoms with Crippen molar-refractivity contribution >= 4 is 17.2 Å². The second kappa shape index (κ2) is 6.55. The van der Waals surface area contributed by atoms with Gasteiger partial charge in [-0.3, -0.25) is 13.9 Å². The average Bonchev–Trinajstić information content (AvgIpc) is 3.44. The third-order valence-corrected chi connectivity index (χ3v) is 5.28. The molecule has 3 aromatic heterocycles. The fourth-order valence-corrected chi connectivity index (χ4v) is 3.39. The lowest BCUT2D eigenvalue weighted by Crippen LogP contribution is -2.19. The van der Waals surface area contributed by atoms with Crippen LogP contribution in [-0.4, -0.2) is 19.2 Å². The fourth-order valence-electron chi connectivity index (χ4n) is 3.39. The molecule has 4 aromatic rings. The number of nitrogens with zero attached hydrogens (tertiary/aromatic N) is 4. The summed E-state index contributed by atoms with van der Waals surface area (Å²) in [6.45, 7) is 3.51. The Morgan fingerprint density at radius 2 is 1.93 bits per heavy atom. The quantitative estimate of drug-likeness (QED) is 0.562. The highest BCUT2D eigenvalue weighted by atomic mass is 19.1. The highest BCUT2D eigenvalue weighted by molar-refractivity contribution is 5.66. The number of halogens is 1. The van der Waals surface area contributed by atoms with Gasteiger partial charge >= 0.3 is 0 Å². The molecule has 1 N–H and O–H groups in total. The van der Waals surface area contributed by atoms with Crippen LogP contribution in [0.25, 0.3) is 16.8 Å². The van der Waals surface area contributed by atoms with Gasteiger partial charge in [0, 0.05) is 23.5 Å². The van der Waals surface area contributed by atoms with Crippen LogP contribution < -0.4 is 10.9 Å². The lowest BCUT2D eigenvalue weighted by molar-refractivity contribution is 0.630. The molecular formula is C22H20FN5O. The van der Waals surface area contributed by atoms with Gasteiger partial charge in [0.15, 0.2) is 0 Å². The summed E-state index contributed by atoms with van der Waals surface area (Å²) in [7, 11) is 0. The minimum absolute atomic E-state index is 0.193. The molecule has 0 saturated heterocycles. The highest BCUT2D eigenvalue weighted by Crippen LogP contribution is 2.35. The first kappa shape index (κ1) is 17.6. The number of hydrogen-bond donors (Lipinski definition) is 1. The summed E-state index contributed by atoms with van der Waals surface area (Å²) in [5, 5.41) is 7.38. The molecule has 1 aliphatic carbocycles. The molecule has 7 heteroatoms. The number of hydrogen-bond acceptors (Lipinski definition) is 4. The zero-order valence-corrected chi connectivity index (χ0v) is 16.2. The van der Waals surface area contributed by atoms with Crippen molar-refractivity contribution in [3.63, 3.8) is 0 Å². The topological polar surface area (TPSA) is 64.2 Å². The molecule has 0 aliphatic heterocycles. The van der Waals surface area contributed by atoms with Crippen molar-refractivity contribution in [3.05, 3.63) is 76.2 Å². The number of pyridine rings is 1. The molecular weight excluding hydrogens is 369 g/mol. The lowest BCUT2D eigenvalue weighted by atomic mass is 10.1. The number of nitrogens with one attached hydrogen (secondary N) is 1. The summed E-state index contributed by atoms with van der Waals surface area (Å²) in [5.74, 6) is -0.0264. The van der Waals surface area contributed by atoms with Crippen LogP contribution in [0.15, 0.2) is 53.7 Å². The van der Waals surface area contributed by atoms with Gasteiger partial charge in [-0.25, -0.2) is 9.37 Å². The molecule has 0 radical (unpaired) electrons. The second-order valence-electron chi connectivity index (χ2n) is 7.59. The van der Waals surface area contributed by atoms with E-state index in [0.717, 1.165) is 16.7 Å². The van der Waals surface area contributed by atoms with E-state index in [4.69, 9.17) is 0 Å². The van der Waals surface area contributed by atoms with Gasteiger partial charge in [-0.15, -0.1) is 0 Å². The smallest absolute Gasteiger partial charge is 0.262 e. The first-order valence-electron chi connectivity index (χ1n) is 9.60. The molecule has 0 amide bonds. The molecule has 1 aromatic carbocycles. The van der Waals surface area contributed by atoms with E-state index >= 15 is 0 Å². The first-order chi connectivity index (χ1) is 14.0. The van der Waals surface area contributed by atoms with Crippen molar-refractivity contribution in [2.75, 3.05) is 5.32 Å². The van der Waals surface area contributed by atoms with Crippen LogP contribution in [0, 0.1) is 19.7 Å². The van der Waals surface area contributed by atoms with Gasteiger partial charge in [0.05, 0.1) is 23.5 Å². The molecule has 1 aliphatic rings. The number of aromatic nitrogens is 4. The number of rotatable bonds is 4. The fraction of sp³-hybridized carbons (Fsp3) is 0.227. The van der Waals surface area contributed by atoms with Gasteiger partial charge in [0.1, 0.15) is 17.3 Å². The monoisotopic (exact) mass is 389 g/mol. The van der Waals surface area contributed by atoms with Crippen LogP contribution >= 0.6 is 0 Å². The number of benzene rings is 1. The van der Waals surface area contributed by atoms with Crippen molar-refractivity contribution < 1.29 is 4.39 Å². The largest absolute Gasteiger partial charge is 0.337 e. The van der Waals surface area contributed by atoms with E-state index in [1.165, 1.54) is 23.3 Å². The SMILES string of the molecule is Cc1ccc(Nc2nc3ccc(-c4cnn(C5CC5)c4)cn3c(=O)c2C)c(F)c1. The maximum absolute atomic E-state index is 14.2. The first-order valence-corrected chi connectivity index (χ1v) is 9.60. The van der Waals surface area contributed by atoms with Gasteiger partial charge in [0.2, 0.25) is 0 Å². The molecule has 1 saturated carbocycles. The summed E-state index contributed by atoms with van der Waals surface area (Å²) in [4.78, 5) is 17.5. The minimum atomic E-state index is -0.380. The Kier molecular flexibility index (Phi) is 3.97. The van der Waals surface area contributed by atoms with Crippen LogP contribution in [0.4, 0.5) is 15.9 Å². The Morgan fingerprint density at radius 3 is 2.69 bits per heavy atom. The molecule has 146 valence electrons. The lowest BCUT2D eigenvalue weighted by Gasteiger charge is -2.12. The van der Waals surface area contributed by atoms with Gasteiger partial charge < -0.3 is 5.32 Å². The minimum Gasteiger partial charge on any atom is -0.337 e. The third kappa shape index (κ3) is 3.18. The van der Waals surface area contributed by atoms with E-state index in [1.807, 2.05) is 36.1 Å². The highest BCUT2D eigenvalue weighted by Gasteiger charge is 2.24. The van der Waals surface area contributed by atoms with E-state index < -0.39 is 0 Å². The number of anilines is 2. The predicted octanol–water partition coefficient (Wildman–Crippen LogP) is 4.39. The molecule has 0 unspecified atom stereocenters. The van der Waals surface area contributed by atoms with Crippen molar-refractivity contribution in [1.29, 1.82) is 0 Å². The summed E-state index contributed by atoms with van der Waals surface area (Å²) in [6.07, 6.45) is 7.95. The Bertz CT molecular complexity index is 1300. The van der Waals surface area contributed by atoms with E-state index in [0.29, 0.717) is 28.8 Å². The maximum atomic E-state index is 14.2. The van der Waals surface area contributed by atoms with Crippen LogP contribution in [0.5, 0.6) is 0 Å². The zero-order valence-electron chi connectivity index (χ0n) is 16.2. The third-order valence-electron chi connectivity index (χ3n) is 5.28. The Hall–Kier alpha value is -3.48. The van der Waals surface area contributed by atoms with Crippen LogP contribution in [0.1, 0.15) is 30.0 Å². The van der Waals surface area contributed by atoms with Crippen LogP contribution in [0.2, 0.25) is 0 Å². The van der Waals surface area contributed by atoms with Crippen LogP contribution in [-0.2, 0) is 0 Å². The summed E-state index contributed by atoms with van der Waals surface area (Å²) >= 11 is 0. The maximum Gasteiger partial charge on any atom is 0.262 e. The van der Waals surface area contributed by atoms with Gasteiger partial charge in [-0.05, 0) is 56.5 Å². The molecule has 0 atom stereocenters. The molecule has 5 rings (SSSR count).